The molecule has 1 atom stereocenters. The number of aromatic nitrogens is 2. The molecule has 8 nitrogen and oxygen atoms in total. The zero-order valence-electron chi connectivity index (χ0n) is 20.0. The molecule has 3 aromatic rings. The number of hydrogen-bond donors (Lipinski definition) is 1. The summed E-state index contributed by atoms with van der Waals surface area (Å²) in [6.45, 7) is 1.98. The van der Waals surface area contributed by atoms with Crippen LogP contribution < -0.4 is 14.8 Å². The topological polar surface area (TPSA) is 85.8 Å². The van der Waals surface area contributed by atoms with E-state index in [1.54, 1.807) is 19.2 Å². The Morgan fingerprint density at radius 2 is 1.97 bits per heavy atom. The first-order valence-electron chi connectivity index (χ1n) is 12.1. The summed E-state index contributed by atoms with van der Waals surface area (Å²) in [5.74, 6) is 2.11. The van der Waals surface area contributed by atoms with Crippen molar-refractivity contribution in [1.82, 2.24) is 14.9 Å². The zero-order valence-corrected chi connectivity index (χ0v) is 21.5. The Morgan fingerprint density at radius 1 is 1.14 bits per heavy atom. The average molecular weight is 531 g/mol. The molecule has 1 N–H and O–H groups in total. The van der Waals surface area contributed by atoms with Crippen LogP contribution in [0.1, 0.15) is 25.7 Å². The summed E-state index contributed by atoms with van der Waals surface area (Å²) >= 11 is 12.2. The molecule has 1 aromatic heterocycles. The molecule has 2 aliphatic rings. The van der Waals surface area contributed by atoms with Gasteiger partial charge < -0.3 is 24.4 Å². The molecular formula is C26H28Cl2N4O4. The Morgan fingerprint density at radius 3 is 2.75 bits per heavy atom. The van der Waals surface area contributed by atoms with Crippen molar-refractivity contribution in [1.29, 1.82) is 0 Å². The van der Waals surface area contributed by atoms with Crippen LogP contribution in [0, 0.1) is 5.92 Å². The molecule has 1 saturated carbocycles. The number of carbonyl (C=O) groups excluding carboxylic acids is 1. The van der Waals surface area contributed by atoms with Crippen molar-refractivity contribution in [3.63, 3.8) is 0 Å². The van der Waals surface area contributed by atoms with E-state index in [4.69, 9.17) is 37.4 Å². The van der Waals surface area contributed by atoms with E-state index < -0.39 is 0 Å². The number of fused-ring (bicyclic) bond motifs is 1. The first kappa shape index (κ1) is 24.9. The van der Waals surface area contributed by atoms with Gasteiger partial charge >= 0.3 is 0 Å². The standard InChI is InChI=1S/C26H28Cl2N4O4/c1-34-23-11-19-22(29-15-30-25(19)31-17-6-7-20(27)21(28)10-17)12-24(23)36-14-18-13-32(8-9-35-18)26(33)16-4-2-3-5-16/h6-7,10-12,15-16,18H,2-5,8-9,13-14H2,1H3,(H,29,30,31). The summed E-state index contributed by atoms with van der Waals surface area (Å²) in [7, 11) is 1.59. The first-order chi connectivity index (χ1) is 17.5. The molecule has 1 amide bonds. The van der Waals surface area contributed by atoms with E-state index in [9.17, 15) is 4.79 Å². The van der Waals surface area contributed by atoms with Gasteiger partial charge in [-0.15, -0.1) is 0 Å². The molecule has 0 radical (unpaired) electrons. The van der Waals surface area contributed by atoms with Crippen molar-refractivity contribution in [3.05, 3.63) is 46.7 Å². The summed E-state index contributed by atoms with van der Waals surface area (Å²) in [5, 5.41) is 4.94. The lowest BCUT2D eigenvalue weighted by molar-refractivity contribution is -0.144. The lowest BCUT2D eigenvalue weighted by Gasteiger charge is -2.34. The van der Waals surface area contributed by atoms with Crippen molar-refractivity contribution < 1.29 is 19.0 Å². The van der Waals surface area contributed by atoms with E-state index in [0.29, 0.717) is 59.2 Å². The second-order valence-electron chi connectivity index (χ2n) is 9.07. The Labute approximate surface area is 219 Å². The fraction of sp³-hybridized carbons (Fsp3) is 0.423. The second kappa shape index (κ2) is 11.1. The highest BCUT2D eigenvalue weighted by Crippen LogP contribution is 2.36. The summed E-state index contributed by atoms with van der Waals surface area (Å²) < 4.78 is 17.6. The van der Waals surface area contributed by atoms with Gasteiger partial charge in [0.1, 0.15) is 24.9 Å². The minimum absolute atomic E-state index is 0.164. The van der Waals surface area contributed by atoms with Crippen LogP contribution in [0.5, 0.6) is 11.5 Å². The third kappa shape index (κ3) is 5.45. The monoisotopic (exact) mass is 530 g/mol. The van der Waals surface area contributed by atoms with Gasteiger partial charge in [-0.05, 0) is 37.1 Å². The molecule has 2 aromatic carbocycles. The van der Waals surface area contributed by atoms with Gasteiger partial charge in [-0.2, -0.15) is 0 Å². The van der Waals surface area contributed by atoms with Crippen molar-refractivity contribution in [3.8, 4) is 11.5 Å². The fourth-order valence-corrected chi connectivity index (χ4v) is 5.08. The average Bonchev–Trinajstić information content (AvgIpc) is 3.44. The molecule has 1 aliphatic heterocycles. The van der Waals surface area contributed by atoms with Gasteiger partial charge in [0.05, 0.1) is 35.8 Å². The minimum Gasteiger partial charge on any atom is -0.493 e. The Hall–Kier alpha value is -2.81. The smallest absolute Gasteiger partial charge is 0.225 e. The van der Waals surface area contributed by atoms with Crippen molar-refractivity contribution in [2.24, 2.45) is 5.92 Å². The molecule has 190 valence electrons. The molecule has 0 spiro atoms. The van der Waals surface area contributed by atoms with Gasteiger partial charge in [-0.1, -0.05) is 36.0 Å². The van der Waals surface area contributed by atoms with Gasteiger partial charge in [0, 0.05) is 29.6 Å². The molecule has 1 aliphatic carbocycles. The summed E-state index contributed by atoms with van der Waals surface area (Å²) in [4.78, 5) is 23.6. The van der Waals surface area contributed by atoms with Crippen LogP contribution in [0.4, 0.5) is 11.5 Å². The van der Waals surface area contributed by atoms with Crippen LogP contribution in [0.2, 0.25) is 10.0 Å². The maximum absolute atomic E-state index is 12.8. The van der Waals surface area contributed by atoms with Crippen LogP contribution in [0.25, 0.3) is 10.9 Å². The van der Waals surface area contributed by atoms with Crippen LogP contribution in [-0.2, 0) is 9.53 Å². The summed E-state index contributed by atoms with van der Waals surface area (Å²) in [5.41, 5.74) is 1.43. The Kier molecular flexibility index (Phi) is 7.65. The largest absolute Gasteiger partial charge is 0.493 e. The van der Waals surface area contributed by atoms with Gasteiger partial charge in [0.2, 0.25) is 5.91 Å². The molecule has 5 rings (SSSR count). The van der Waals surface area contributed by atoms with Gasteiger partial charge in [-0.25, -0.2) is 9.97 Å². The van der Waals surface area contributed by atoms with E-state index in [-0.39, 0.29) is 17.9 Å². The number of rotatable bonds is 7. The fourth-order valence-electron chi connectivity index (χ4n) is 4.78. The highest BCUT2D eigenvalue weighted by atomic mass is 35.5. The van der Waals surface area contributed by atoms with E-state index in [1.165, 1.54) is 6.33 Å². The van der Waals surface area contributed by atoms with Crippen LogP contribution >= 0.6 is 23.2 Å². The maximum atomic E-state index is 12.8. The number of anilines is 2. The van der Waals surface area contributed by atoms with Crippen LogP contribution in [0.15, 0.2) is 36.7 Å². The normalized spacial score (nSPS) is 18.4. The van der Waals surface area contributed by atoms with Crippen LogP contribution in [0.3, 0.4) is 0 Å². The molecule has 1 unspecified atom stereocenters. The predicted octanol–water partition coefficient (Wildman–Crippen LogP) is 5.49. The molecular weight excluding hydrogens is 503 g/mol. The number of morpholine rings is 1. The highest BCUT2D eigenvalue weighted by Gasteiger charge is 2.31. The maximum Gasteiger partial charge on any atom is 0.225 e. The van der Waals surface area contributed by atoms with Crippen molar-refractivity contribution >= 4 is 51.5 Å². The first-order valence-corrected chi connectivity index (χ1v) is 12.9. The molecule has 1 saturated heterocycles. The zero-order chi connectivity index (χ0) is 25.1. The molecule has 2 heterocycles. The van der Waals surface area contributed by atoms with Crippen LogP contribution in [-0.4, -0.2) is 60.3 Å². The molecule has 10 heteroatoms. The molecule has 36 heavy (non-hydrogen) atoms. The summed E-state index contributed by atoms with van der Waals surface area (Å²) in [6, 6.07) is 8.93. The number of benzene rings is 2. The number of carbonyl (C=O) groups is 1. The van der Waals surface area contributed by atoms with Gasteiger partial charge in [-0.3, -0.25) is 4.79 Å². The third-order valence-electron chi connectivity index (χ3n) is 6.68. The SMILES string of the molecule is COc1cc2c(Nc3ccc(Cl)c(Cl)c3)ncnc2cc1OCC1CN(C(=O)C2CCCC2)CCO1. The predicted molar refractivity (Wildman–Crippen MR) is 140 cm³/mol. The van der Waals surface area contributed by atoms with E-state index in [1.807, 2.05) is 23.1 Å². The number of methoxy groups -OCH3 is 1. The number of amides is 1. The molecule has 0 bridgehead atoms. The van der Waals surface area contributed by atoms with E-state index >= 15 is 0 Å². The third-order valence-corrected chi connectivity index (χ3v) is 7.42. The number of hydrogen-bond acceptors (Lipinski definition) is 7. The lowest BCUT2D eigenvalue weighted by Crippen LogP contribution is -2.49. The lowest BCUT2D eigenvalue weighted by atomic mass is 10.1. The number of nitrogens with zero attached hydrogens (tertiary/aromatic N) is 3. The van der Waals surface area contributed by atoms with Gasteiger partial charge in [0.15, 0.2) is 11.5 Å². The van der Waals surface area contributed by atoms with E-state index in [2.05, 4.69) is 15.3 Å². The van der Waals surface area contributed by atoms with Crippen molar-refractivity contribution in [2.75, 3.05) is 38.7 Å². The Balaban J connectivity index is 1.30. The van der Waals surface area contributed by atoms with E-state index in [0.717, 1.165) is 36.8 Å². The van der Waals surface area contributed by atoms with Gasteiger partial charge in [0.25, 0.3) is 0 Å². The number of nitrogens with one attached hydrogen (secondary N) is 1. The second-order valence-corrected chi connectivity index (χ2v) is 9.88. The number of halogens is 2. The van der Waals surface area contributed by atoms with Crippen molar-refractivity contribution in [2.45, 2.75) is 31.8 Å². The Bertz CT molecular complexity index is 1250. The number of ether oxygens (including phenoxy) is 3. The highest BCUT2D eigenvalue weighted by molar-refractivity contribution is 6.42. The molecule has 2 fully saturated rings. The quantitative estimate of drug-likeness (QED) is 0.432. The minimum atomic E-state index is -0.207. The summed E-state index contributed by atoms with van der Waals surface area (Å²) in [6.07, 6.45) is 5.55.